The van der Waals surface area contributed by atoms with Crippen LogP contribution in [-0.2, 0) is 0 Å². The van der Waals surface area contributed by atoms with E-state index in [0.29, 0.717) is 11.8 Å². The van der Waals surface area contributed by atoms with Crippen molar-refractivity contribution in [1.82, 2.24) is 0 Å². The molecule has 0 heterocycles. The number of hydrogen-bond donors (Lipinski definition) is 0. The van der Waals surface area contributed by atoms with E-state index in [1.807, 2.05) is 6.92 Å². The molecule has 0 atom stereocenters. The monoisotopic (exact) mass is 233 g/mol. The fourth-order valence-corrected chi connectivity index (χ4v) is 0.997. The van der Waals surface area contributed by atoms with Crippen LogP contribution >= 0.6 is 0 Å². The second-order valence-corrected chi connectivity index (χ2v) is 5.31. The van der Waals surface area contributed by atoms with Gasteiger partial charge >= 0.3 is 0 Å². The van der Waals surface area contributed by atoms with E-state index in [1.165, 1.54) is 5.57 Å². The van der Waals surface area contributed by atoms with Crippen molar-refractivity contribution in [3.63, 3.8) is 0 Å². The average Bonchev–Trinajstić information content (AvgIpc) is 2.22. The normalized spacial score (nSPS) is 14.8. The second-order valence-electron chi connectivity index (χ2n) is 5.31. The van der Waals surface area contributed by atoms with Crippen molar-refractivity contribution in [3.8, 4) is 0 Å². The third-order valence-corrected chi connectivity index (χ3v) is 2.98. The molecule has 0 rings (SSSR count). The highest BCUT2D eigenvalue weighted by atomic mass is 14.8. The number of aliphatic imine (C=N–C) groups is 1. The molecule has 0 aliphatic heterocycles. The molecule has 0 aromatic carbocycles. The summed E-state index contributed by atoms with van der Waals surface area (Å²) >= 11 is 0. The fourth-order valence-electron chi connectivity index (χ4n) is 0.997. The molecule has 0 aliphatic carbocycles. The summed E-state index contributed by atoms with van der Waals surface area (Å²) in [5.74, 6) is 1.06. The maximum Gasteiger partial charge on any atom is 0.0652 e. The summed E-state index contributed by atoms with van der Waals surface area (Å²) < 4.78 is 0. The highest BCUT2D eigenvalue weighted by molar-refractivity contribution is 5.85. The highest BCUT2D eigenvalue weighted by Crippen LogP contribution is 2.14. The molecule has 0 saturated carbocycles. The molecule has 0 bridgehead atoms. The van der Waals surface area contributed by atoms with E-state index in [0.717, 1.165) is 17.0 Å². The Balaban J connectivity index is 5.14. The number of hydrogen-bond acceptors (Lipinski definition) is 1. The maximum absolute atomic E-state index is 4.64. The van der Waals surface area contributed by atoms with Gasteiger partial charge in [-0.1, -0.05) is 45.9 Å². The molecule has 0 aliphatic rings. The van der Waals surface area contributed by atoms with Gasteiger partial charge in [0, 0.05) is 5.71 Å². The molecule has 1 heteroatoms. The third-order valence-electron chi connectivity index (χ3n) is 2.98. The quantitative estimate of drug-likeness (QED) is 0.459. The van der Waals surface area contributed by atoms with Gasteiger partial charge in [0.15, 0.2) is 0 Å². The van der Waals surface area contributed by atoms with Gasteiger partial charge in [-0.3, -0.25) is 4.99 Å². The minimum absolute atomic E-state index is 0.480. The second kappa shape index (κ2) is 7.26. The first-order valence-electron chi connectivity index (χ1n) is 6.35. The van der Waals surface area contributed by atoms with Crippen LogP contribution in [0, 0.1) is 11.8 Å². The number of rotatable bonds is 5. The van der Waals surface area contributed by atoms with Crippen LogP contribution in [0.1, 0.15) is 48.5 Å². The topological polar surface area (TPSA) is 12.4 Å². The lowest BCUT2D eigenvalue weighted by Gasteiger charge is -2.07. The van der Waals surface area contributed by atoms with Crippen molar-refractivity contribution in [2.24, 2.45) is 16.8 Å². The molecule has 0 aromatic heterocycles. The lowest BCUT2D eigenvalue weighted by molar-refractivity contribution is 0.769. The van der Waals surface area contributed by atoms with Crippen molar-refractivity contribution in [2.45, 2.75) is 48.5 Å². The predicted molar refractivity (Wildman–Crippen MR) is 79.4 cm³/mol. The van der Waals surface area contributed by atoms with Gasteiger partial charge in [-0.15, -0.1) is 0 Å². The molecule has 0 fully saturated rings. The average molecular weight is 233 g/mol. The van der Waals surface area contributed by atoms with Crippen molar-refractivity contribution >= 4 is 5.71 Å². The number of nitrogens with zero attached hydrogens (tertiary/aromatic N) is 1. The first-order chi connectivity index (χ1) is 7.75. The Morgan fingerprint density at radius 1 is 0.941 bits per heavy atom. The molecule has 0 saturated heterocycles. The van der Waals surface area contributed by atoms with Crippen LogP contribution in [0.4, 0.5) is 0 Å². The van der Waals surface area contributed by atoms with Crippen LogP contribution < -0.4 is 0 Å². The highest BCUT2D eigenvalue weighted by Gasteiger charge is 2.01. The van der Waals surface area contributed by atoms with E-state index in [9.17, 15) is 0 Å². The summed E-state index contributed by atoms with van der Waals surface area (Å²) in [6.45, 7) is 18.9. The van der Waals surface area contributed by atoms with E-state index in [4.69, 9.17) is 0 Å². The predicted octanol–water partition coefficient (Wildman–Crippen LogP) is 5.17. The molecule has 0 aromatic rings. The molecule has 0 spiro atoms. The molecule has 96 valence electrons. The van der Waals surface area contributed by atoms with Gasteiger partial charge in [-0.05, 0) is 44.3 Å². The Labute approximate surface area is 107 Å². The summed E-state index contributed by atoms with van der Waals surface area (Å²) in [6, 6.07) is 0. The Morgan fingerprint density at radius 2 is 1.47 bits per heavy atom. The molecular weight excluding hydrogens is 206 g/mol. The molecule has 17 heavy (non-hydrogen) atoms. The molecule has 0 radical (unpaired) electrons. The van der Waals surface area contributed by atoms with Crippen LogP contribution in [0.2, 0.25) is 0 Å². The molecule has 1 nitrogen and oxygen atoms in total. The summed E-state index contributed by atoms with van der Waals surface area (Å²) in [5.41, 5.74) is 4.50. The van der Waals surface area contributed by atoms with Gasteiger partial charge in [0.05, 0.1) is 5.70 Å². The van der Waals surface area contributed by atoms with Gasteiger partial charge in [-0.2, -0.15) is 0 Å². The zero-order chi connectivity index (χ0) is 13.6. The van der Waals surface area contributed by atoms with Crippen LogP contribution in [0.5, 0.6) is 0 Å². The molecule has 0 amide bonds. The third kappa shape index (κ3) is 6.25. The van der Waals surface area contributed by atoms with Crippen LogP contribution in [0.15, 0.2) is 40.6 Å². The summed E-state index contributed by atoms with van der Waals surface area (Å²) in [4.78, 5) is 4.64. The summed E-state index contributed by atoms with van der Waals surface area (Å²) in [7, 11) is 0. The van der Waals surface area contributed by atoms with Crippen LogP contribution in [-0.4, -0.2) is 5.71 Å². The van der Waals surface area contributed by atoms with Gasteiger partial charge < -0.3 is 0 Å². The van der Waals surface area contributed by atoms with Gasteiger partial charge in [0.25, 0.3) is 0 Å². The minimum atomic E-state index is 0.480. The summed E-state index contributed by atoms with van der Waals surface area (Å²) in [6.07, 6.45) is 4.22. The zero-order valence-corrected chi connectivity index (χ0v) is 12.5. The number of allylic oxidation sites excluding steroid dienone is 4. The lowest BCUT2D eigenvalue weighted by Crippen LogP contribution is -2.02. The minimum Gasteiger partial charge on any atom is -0.258 e. The standard InChI is InChI=1S/C16H27N/c1-11(2)14(7)9-10-16(13(5)6)17-15(8)12(3)4/h9-12H,5H2,1-4,6-8H3/b14-9+,16-10+,17-15+. The van der Waals surface area contributed by atoms with Gasteiger partial charge in [0.2, 0.25) is 0 Å². The Bertz CT molecular complexity index is 352. The van der Waals surface area contributed by atoms with Gasteiger partial charge in [0.1, 0.15) is 0 Å². The van der Waals surface area contributed by atoms with E-state index in [1.54, 1.807) is 0 Å². The smallest absolute Gasteiger partial charge is 0.0652 e. The molecular formula is C16H27N. The first-order valence-corrected chi connectivity index (χ1v) is 6.35. The Kier molecular flexibility index (Phi) is 6.79. The summed E-state index contributed by atoms with van der Waals surface area (Å²) in [5, 5.41) is 0. The zero-order valence-electron chi connectivity index (χ0n) is 12.5. The lowest BCUT2D eigenvalue weighted by atomic mass is 10.0. The van der Waals surface area contributed by atoms with Crippen molar-refractivity contribution in [2.75, 3.05) is 0 Å². The van der Waals surface area contributed by atoms with E-state index in [2.05, 4.69) is 65.3 Å². The van der Waals surface area contributed by atoms with Crippen molar-refractivity contribution in [1.29, 1.82) is 0 Å². The SMILES string of the molecule is C=C(C)C(=C\C=C(/C)C(C)C)/N=C(\C)C(C)C. The largest absolute Gasteiger partial charge is 0.258 e. The fraction of sp³-hybridized carbons (Fsp3) is 0.562. The van der Waals surface area contributed by atoms with Gasteiger partial charge in [-0.25, -0.2) is 0 Å². The van der Waals surface area contributed by atoms with Crippen LogP contribution in [0.25, 0.3) is 0 Å². The van der Waals surface area contributed by atoms with E-state index < -0.39 is 0 Å². The Morgan fingerprint density at radius 3 is 1.82 bits per heavy atom. The van der Waals surface area contributed by atoms with E-state index >= 15 is 0 Å². The molecule has 0 unspecified atom stereocenters. The maximum atomic E-state index is 4.64. The van der Waals surface area contributed by atoms with Crippen LogP contribution in [0.3, 0.4) is 0 Å². The van der Waals surface area contributed by atoms with Crippen molar-refractivity contribution in [3.05, 3.63) is 35.6 Å². The molecule has 0 N–H and O–H groups in total. The first kappa shape index (κ1) is 15.9. The Hall–Kier alpha value is -1.11. The van der Waals surface area contributed by atoms with Crippen molar-refractivity contribution < 1.29 is 0 Å². The van der Waals surface area contributed by atoms with E-state index in [-0.39, 0.29) is 0 Å².